The first-order valence-electron chi connectivity index (χ1n) is 3.69. The van der Waals surface area contributed by atoms with Crippen LogP contribution in [0.1, 0.15) is 20.8 Å². The quantitative estimate of drug-likeness (QED) is 0.396. The summed E-state index contributed by atoms with van der Waals surface area (Å²) in [6, 6.07) is 0. The number of hydroxylamine groups is 1. The summed E-state index contributed by atoms with van der Waals surface area (Å²) < 4.78 is 0. The third-order valence-corrected chi connectivity index (χ3v) is 1.37. The van der Waals surface area contributed by atoms with E-state index >= 15 is 0 Å². The van der Waals surface area contributed by atoms with Crippen LogP contribution in [0.2, 0.25) is 0 Å². The predicted octanol–water partition coefficient (Wildman–Crippen LogP) is 1.30. The molecule has 0 saturated heterocycles. The second-order valence-corrected chi connectivity index (χ2v) is 2.67. The fourth-order valence-electron chi connectivity index (χ4n) is 0.809. The predicted molar refractivity (Wildman–Crippen MR) is 44.7 cm³/mol. The molecule has 0 aromatic heterocycles. The number of hydrogen-bond acceptors (Lipinski definition) is 4. The maximum absolute atomic E-state index is 10.4. The van der Waals surface area contributed by atoms with E-state index in [4.69, 9.17) is 4.84 Å². The lowest BCUT2D eigenvalue weighted by molar-refractivity contribution is -0.428. The molecule has 5 heteroatoms. The summed E-state index contributed by atoms with van der Waals surface area (Å²) in [6.07, 6.45) is 0. The van der Waals surface area contributed by atoms with Gasteiger partial charge in [0.25, 0.3) is 5.70 Å². The Morgan fingerprint density at radius 3 is 2.33 bits per heavy atom. The molecule has 0 atom stereocenters. The fourth-order valence-corrected chi connectivity index (χ4v) is 0.809. The SMILES string of the molecule is CNO/C(=C(/C)[N+](=O)[O-])C(C)C. The van der Waals surface area contributed by atoms with Crippen LogP contribution >= 0.6 is 0 Å². The third kappa shape index (κ3) is 2.87. The highest BCUT2D eigenvalue weighted by Gasteiger charge is 2.17. The van der Waals surface area contributed by atoms with Crippen LogP contribution in [0.5, 0.6) is 0 Å². The minimum absolute atomic E-state index is 0.00264. The number of nitrogens with zero attached hydrogens (tertiary/aromatic N) is 1. The fraction of sp³-hybridized carbons (Fsp3) is 0.714. The molecule has 0 radical (unpaired) electrons. The van der Waals surface area contributed by atoms with Gasteiger partial charge in [-0.2, -0.15) is 5.48 Å². The van der Waals surface area contributed by atoms with Crippen molar-refractivity contribution in [1.29, 1.82) is 0 Å². The highest BCUT2D eigenvalue weighted by molar-refractivity contribution is 4.99. The number of hydrogen-bond donors (Lipinski definition) is 1. The highest BCUT2D eigenvalue weighted by Crippen LogP contribution is 2.14. The van der Waals surface area contributed by atoms with Crippen molar-refractivity contribution in [2.75, 3.05) is 7.05 Å². The van der Waals surface area contributed by atoms with Crippen molar-refractivity contribution in [2.45, 2.75) is 20.8 Å². The molecule has 0 aliphatic rings. The Morgan fingerprint density at radius 1 is 1.58 bits per heavy atom. The van der Waals surface area contributed by atoms with Crippen LogP contribution in [-0.4, -0.2) is 12.0 Å². The second kappa shape index (κ2) is 4.71. The van der Waals surface area contributed by atoms with Crippen LogP contribution in [0.15, 0.2) is 11.5 Å². The van der Waals surface area contributed by atoms with E-state index in [1.165, 1.54) is 6.92 Å². The van der Waals surface area contributed by atoms with Gasteiger partial charge >= 0.3 is 0 Å². The summed E-state index contributed by atoms with van der Waals surface area (Å²) in [5.74, 6) is 0.366. The minimum Gasteiger partial charge on any atom is -0.406 e. The van der Waals surface area contributed by atoms with E-state index in [1.807, 2.05) is 13.8 Å². The Kier molecular flexibility index (Phi) is 4.28. The Bertz CT molecular complexity index is 199. The zero-order valence-corrected chi connectivity index (χ0v) is 7.75. The van der Waals surface area contributed by atoms with Gasteiger partial charge in [0, 0.05) is 19.9 Å². The van der Waals surface area contributed by atoms with Gasteiger partial charge in [0.15, 0.2) is 5.76 Å². The monoisotopic (exact) mass is 174 g/mol. The highest BCUT2D eigenvalue weighted by atomic mass is 16.7. The van der Waals surface area contributed by atoms with E-state index < -0.39 is 4.92 Å². The lowest BCUT2D eigenvalue weighted by Crippen LogP contribution is -2.15. The van der Waals surface area contributed by atoms with Gasteiger partial charge in [0.2, 0.25) is 0 Å². The van der Waals surface area contributed by atoms with Crippen molar-refractivity contribution in [3.8, 4) is 0 Å². The molecule has 0 aromatic rings. The molecule has 0 rings (SSSR count). The summed E-state index contributed by atoms with van der Waals surface area (Å²) in [6.45, 7) is 5.09. The minimum atomic E-state index is -0.452. The van der Waals surface area contributed by atoms with E-state index in [0.29, 0.717) is 5.76 Å². The molecule has 0 aromatic carbocycles. The Hall–Kier alpha value is -1.10. The number of allylic oxidation sites excluding steroid dienone is 2. The van der Waals surface area contributed by atoms with Crippen molar-refractivity contribution < 1.29 is 9.76 Å². The normalized spacial score (nSPS) is 12.8. The van der Waals surface area contributed by atoms with Crippen molar-refractivity contribution >= 4 is 0 Å². The maximum Gasteiger partial charge on any atom is 0.283 e. The molecule has 0 spiro atoms. The summed E-state index contributed by atoms with van der Waals surface area (Å²) in [7, 11) is 1.57. The average Bonchev–Trinajstić information content (AvgIpc) is 1.98. The molecule has 1 N–H and O–H groups in total. The lowest BCUT2D eigenvalue weighted by Gasteiger charge is -2.10. The average molecular weight is 174 g/mol. The van der Waals surface area contributed by atoms with Gasteiger partial charge in [-0.05, 0) is 0 Å². The van der Waals surface area contributed by atoms with E-state index in [0.717, 1.165) is 0 Å². The molecule has 12 heavy (non-hydrogen) atoms. The summed E-state index contributed by atoms with van der Waals surface area (Å²) >= 11 is 0. The Morgan fingerprint density at radius 2 is 2.08 bits per heavy atom. The Labute approximate surface area is 71.5 Å². The topological polar surface area (TPSA) is 64.4 Å². The number of nitro groups is 1. The van der Waals surface area contributed by atoms with Crippen LogP contribution in [0.25, 0.3) is 0 Å². The van der Waals surface area contributed by atoms with Crippen LogP contribution in [-0.2, 0) is 4.84 Å². The molecule has 0 heterocycles. The molecule has 70 valence electrons. The van der Waals surface area contributed by atoms with E-state index in [9.17, 15) is 10.1 Å². The molecule has 0 saturated carbocycles. The molecule has 0 fully saturated rings. The van der Waals surface area contributed by atoms with Gasteiger partial charge < -0.3 is 4.84 Å². The number of nitrogens with one attached hydrogen (secondary N) is 1. The summed E-state index contributed by atoms with van der Waals surface area (Å²) in [4.78, 5) is 14.8. The molecule has 0 amide bonds. The molecule has 0 aliphatic carbocycles. The summed E-state index contributed by atoms with van der Waals surface area (Å²) in [5.41, 5.74) is 2.46. The van der Waals surface area contributed by atoms with Gasteiger partial charge in [-0.1, -0.05) is 13.8 Å². The summed E-state index contributed by atoms with van der Waals surface area (Å²) in [5, 5.41) is 10.4. The smallest absolute Gasteiger partial charge is 0.283 e. The number of rotatable bonds is 4. The van der Waals surface area contributed by atoms with Crippen LogP contribution < -0.4 is 5.48 Å². The molecule has 0 bridgehead atoms. The van der Waals surface area contributed by atoms with Gasteiger partial charge in [-0.3, -0.25) is 10.1 Å². The third-order valence-electron chi connectivity index (χ3n) is 1.37. The molecular weight excluding hydrogens is 160 g/mol. The largest absolute Gasteiger partial charge is 0.406 e. The van der Waals surface area contributed by atoms with Gasteiger partial charge in [-0.15, -0.1) is 0 Å². The van der Waals surface area contributed by atoms with Crippen LogP contribution in [0.3, 0.4) is 0 Å². The maximum atomic E-state index is 10.4. The zero-order valence-electron chi connectivity index (χ0n) is 7.75. The molecular formula is C7H14N2O3. The first kappa shape index (κ1) is 10.9. The lowest BCUT2D eigenvalue weighted by atomic mass is 10.1. The first-order chi connectivity index (χ1) is 5.50. The molecule has 0 unspecified atom stereocenters. The molecule has 5 nitrogen and oxygen atoms in total. The van der Waals surface area contributed by atoms with E-state index in [-0.39, 0.29) is 11.6 Å². The van der Waals surface area contributed by atoms with Crippen LogP contribution in [0, 0.1) is 16.0 Å². The van der Waals surface area contributed by atoms with Gasteiger partial charge in [0.1, 0.15) is 0 Å². The second-order valence-electron chi connectivity index (χ2n) is 2.67. The molecule has 0 aliphatic heterocycles. The van der Waals surface area contributed by atoms with Gasteiger partial charge in [-0.25, -0.2) is 0 Å². The van der Waals surface area contributed by atoms with E-state index in [1.54, 1.807) is 7.05 Å². The van der Waals surface area contributed by atoms with Crippen molar-refractivity contribution in [3.63, 3.8) is 0 Å². The van der Waals surface area contributed by atoms with Crippen LogP contribution in [0.4, 0.5) is 0 Å². The standard InChI is InChI=1S/C7H14N2O3/c1-5(2)7(12-8-4)6(3)9(10)11/h5,8H,1-4H3/b7-6-. The van der Waals surface area contributed by atoms with Crippen molar-refractivity contribution in [3.05, 3.63) is 21.6 Å². The zero-order chi connectivity index (χ0) is 9.72. The van der Waals surface area contributed by atoms with Crippen molar-refractivity contribution in [1.82, 2.24) is 5.48 Å². The van der Waals surface area contributed by atoms with Crippen molar-refractivity contribution in [2.24, 2.45) is 5.92 Å². The van der Waals surface area contributed by atoms with Gasteiger partial charge in [0.05, 0.1) is 4.92 Å². The van der Waals surface area contributed by atoms with E-state index in [2.05, 4.69) is 5.48 Å². The first-order valence-corrected chi connectivity index (χ1v) is 3.69. The Balaban J connectivity index is 4.67.